The molecule has 1 amide bonds. The van der Waals surface area contributed by atoms with E-state index in [2.05, 4.69) is 10.3 Å². The number of hydrogen-bond donors (Lipinski definition) is 1. The van der Waals surface area contributed by atoms with Crippen molar-refractivity contribution < 1.29 is 9.53 Å². The fourth-order valence-electron chi connectivity index (χ4n) is 3.98. The van der Waals surface area contributed by atoms with E-state index < -0.39 is 0 Å². The minimum absolute atomic E-state index is 0.0662. The summed E-state index contributed by atoms with van der Waals surface area (Å²) in [4.78, 5) is 17.5. The fourth-order valence-corrected chi connectivity index (χ4v) is 3.98. The minimum atomic E-state index is -0.292. The summed E-state index contributed by atoms with van der Waals surface area (Å²) < 4.78 is 5.97. The predicted octanol–water partition coefficient (Wildman–Crippen LogP) is 4.72. The Morgan fingerprint density at radius 2 is 1.41 bits per heavy atom. The molecule has 1 aliphatic carbocycles. The highest BCUT2D eigenvalue weighted by atomic mass is 16.5. The third-order valence-electron chi connectivity index (χ3n) is 5.47. The average molecular weight is 386 g/mol. The first-order chi connectivity index (χ1) is 14.3. The summed E-state index contributed by atoms with van der Waals surface area (Å²) >= 11 is 0. The van der Waals surface area contributed by atoms with Crippen molar-refractivity contribution in [3.8, 4) is 5.88 Å². The van der Waals surface area contributed by atoms with Gasteiger partial charge >= 0.3 is 0 Å². The summed E-state index contributed by atoms with van der Waals surface area (Å²) in [7, 11) is 0. The third-order valence-corrected chi connectivity index (χ3v) is 5.47. The van der Waals surface area contributed by atoms with Gasteiger partial charge in [-0.2, -0.15) is 0 Å². The summed E-state index contributed by atoms with van der Waals surface area (Å²) in [5.41, 5.74) is 2.03. The second-order valence-electron chi connectivity index (χ2n) is 7.52. The van der Waals surface area contributed by atoms with Crippen LogP contribution < -0.4 is 10.1 Å². The van der Waals surface area contributed by atoms with Crippen molar-refractivity contribution in [1.82, 2.24) is 10.3 Å². The molecule has 4 heteroatoms. The number of aromatic nitrogens is 1. The Kier molecular flexibility index (Phi) is 6.20. The Hall–Kier alpha value is -3.14. The predicted molar refractivity (Wildman–Crippen MR) is 114 cm³/mol. The SMILES string of the molecule is O=C(NC1CCC(Oc2ccccn2)CC1)C(c1ccccc1)c1ccccc1. The molecule has 1 fully saturated rings. The summed E-state index contributed by atoms with van der Waals surface area (Å²) in [5.74, 6) is 0.449. The highest BCUT2D eigenvalue weighted by Crippen LogP contribution is 2.27. The Morgan fingerprint density at radius 1 is 0.828 bits per heavy atom. The van der Waals surface area contributed by atoms with E-state index in [1.165, 1.54) is 0 Å². The van der Waals surface area contributed by atoms with E-state index in [0.29, 0.717) is 5.88 Å². The standard InChI is InChI=1S/C25H26N2O2/c28-25(24(19-9-3-1-4-10-19)20-11-5-2-6-12-20)27-21-14-16-22(17-15-21)29-23-13-7-8-18-26-23/h1-13,18,21-22,24H,14-17H2,(H,27,28). The van der Waals surface area contributed by atoms with Gasteiger partial charge in [-0.3, -0.25) is 4.79 Å². The topological polar surface area (TPSA) is 51.2 Å². The van der Waals surface area contributed by atoms with Crippen LogP contribution in [0.4, 0.5) is 0 Å². The molecule has 1 saturated carbocycles. The summed E-state index contributed by atoms with van der Waals surface area (Å²) in [6.45, 7) is 0. The molecular weight excluding hydrogens is 360 g/mol. The van der Waals surface area contributed by atoms with Gasteiger partial charge in [-0.1, -0.05) is 66.7 Å². The molecule has 29 heavy (non-hydrogen) atoms. The van der Waals surface area contributed by atoms with Gasteiger partial charge in [-0.25, -0.2) is 4.98 Å². The van der Waals surface area contributed by atoms with Gasteiger partial charge in [0.05, 0.1) is 5.92 Å². The number of hydrogen-bond acceptors (Lipinski definition) is 3. The van der Waals surface area contributed by atoms with Crippen LogP contribution >= 0.6 is 0 Å². The van der Waals surface area contributed by atoms with Crippen LogP contribution in [0.25, 0.3) is 0 Å². The molecule has 0 atom stereocenters. The molecule has 1 heterocycles. The van der Waals surface area contributed by atoms with Crippen LogP contribution in [0.15, 0.2) is 85.1 Å². The summed E-state index contributed by atoms with van der Waals surface area (Å²) in [6.07, 6.45) is 5.58. The largest absolute Gasteiger partial charge is 0.474 e. The van der Waals surface area contributed by atoms with Gasteiger partial charge in [0, 0.05) is 18.3 Å². The van der Waals surface area contributed by atoms with Crippen LogP contribution in [-0.2, 0) is 4.79 Å². The molecule has 0 saturated heterocycles. The number of pyridine rings is 1. The van der Waals surface area contributed by atoms with E-state index in [9.17, 15) is 4.79 Å². The minimum Gasteiger partial charge on any atom is -0.474 e. The first kappa shape index (κ1) is 19.2. The van der Waals surface area contributed by atoms with Crippen molar-refractivity contribution in [2.75, 3.05) is 0 Å². The Labute approximate surface area is 172 Å². The molecule has 1 aliphatic rings. The van der Waals surface area contributed by atoms with Gasteiger partial charge in [0.25, 0.3) is 0 Å². The second-order valence-corrected chi connectivity index (χ2v) is 7.52. The Bertz CT molecular complexity index is 852. The van der Waals surface area contributed by atoms with Crippen molar-refractivity contribution in [3.63, 3.8) is 0 Å². The number of amides is 1. The molecule has 0 spiro atoms. The highest BCUT2D eigenvalue weighted by Gasteiger charge is 2.28. The molecule has 4 nitrogen and oxygen atoms in total. The summed E-state index contributed by atoms with van der Waals surface area (Å²) in [6, 6.07) is 25.9. The number of carbonyl (C=O) groups excluding carboxylic acids is 1. The quantitative estimate of drug-likeness (QED) is 0.667. The zero-order valence-electron chi connectivity index (χ0n) is 16.4. The average Bonchev–Trinajstić information content (AvgIpc) is 2.78. The van der Waals surface area contributed by atoms with Crippen LogP contribution in [0.1, 0.15) is 42.7 Å². The van der Waals surface area contributed by atoms with Gasteiger partial charge in [-0.05, 0) is 42.9 Å². The molecule has 3 aromatic rings. The van der Waals surface area contributed by atoms with Crippen molar-refractivity contribution >= 4 is 5.91 Å². The molecule has 0 radical (unpaired) electrons. The van der Waals surface area contributed by atoms with Gasteiger partial charge in [0.2, 0.25) is 11.8 Å². The lowest BCUT2D eigenvalue weighted by molar-refractivity contribution is -0.122. The molecular formula is C25H26N2O2. The number of nitrogens with one attached hydrogen (secondary N) is 1. The Morgan fingerprint density at radius 3 is 1.97 bits per heavy atom. The maximum absolute atomic E-state index is 13.2. The van der Waals surface area contributed by atoms with E-state index >= 15 is 0 Å². The van der Waals surface area contributed by atoms with Crippen molar-refractivity contribution in [2.45, 2.75) is 43.7 Å². The van der Waals surface area contributed by atoms with E-state index in [1.807, 2.05) is 78.9 Å². The highest BCUT2D eigenvalue weighted by molar-refractivity contribution is 5.87. The lowest BCUT2D eigenvalue weighted by Gasteiger charge is -2.30. The molecule has 0 aliphatic heterocycles. The zero-order valence-corrected chi connectivity index (χ0v) is 16.4. The number of nitrogens with zero attached hydrogens (tertiary/aromatic N) is 1. The van der Waals surface area contributed by atoms with Crippen molar-refractivity contribution in [2.24, 2.45) is 0 Å². The van der Waals surface area contributed by atoms with E-state index in [0.717, 1.165) is 36.8 Å². The lowest BCUT2D eigenvalue weighted by atomic mass is 9.88. The normalized spacial score (nSPS) is 18.9. The molecule has 4 rings (SSSR count). The maximum Gasteiger partial charge on any atom is 0.232 e. The van der Waals surface area contributed by atoms with Crippen molar-refractivity contribution in [1.29, 1.82) is 0 Å². The molecule has 1 N–H and O–H groups in total. The van der Waals surface area contributed by atoms with Crippen LogP contribution in [-0.4, -0.2) is 23.0 Å². The monoisotopic (exact) mass is 386 g/mol. The molecule has 1 aromatic heterocycles. The van der Waals surface area contributed by atoms with E-state index in [-0.39, 0.29) is 24.0 Å². The first-order valence-corrected chi connectivity index (χ1v) is 10.3. The second kappa shape index (κ2) is 9.37. The van der Waals surface area contributed by atoms with E-state index in [4.69, 9.17) is 4.74 Å². The van der Waals surface area contributed by atoms with Crippen LogP contribution in [0.5, 0.6) is 5.88 Å². The molecule has 0 unspecified atom stereocenters. The van der Waals surface area contributed by atoms with Gasteiger partial charge in [0.1, 0.15) is 6.10 Å². The maximum atomic E-state index is 13.2. The molecule has 0 bridgehead atoms. The number of carbonyl (C=O) groups is 1. The van der Waals surface area contributed by atoms with Crippen LogP contribution in [0.3, 0.4) is 0 Å². The number of benzene rings is 2. The molecule has 148 valence electrons. The smallest absolute Gasteiger partial charge is 0.232 e. The number of rotatable bonds is 6. The first-order valence-electron chi connectivity index (χ1n) is 10.3. The Balaban J connectivity index is 1.39. The third kappa shape index (κ3) is 5.02. The van der Waals surface area contributed by atoms with Crippen LogP contribution in [0.2, 0.25) is 0 Å². The van der Waals surface area contributed by atoms with Gasteiger partial charge in [0.15, 0.2) is 0 Å². The van der Waals surface area contributed by atoms with Crippen molar-refractivity contribution in [3.05, 3.63) is 96.2 Å². The fraction of sp³-hybridized carbons (Fsp3) is 0.280. The van der Waals surface area contributed by atoms with E-state index in [1.54, 1.807) is 6.20 Å². The lowest BCUT2D eigenvalue weighted by Crippen LogP contribution is -2.42. The zero-order chi connectivity index (χ0) is 19.9. The van der Waals surface area contributed by atoms with Crippen LogP contribution in [0, 0.1) is 0 Å². The van der Waals surface area contributed by atoms with Gasteiger partial charge < -0.3 is 10.1 Å². The molecule has 2 aromatic carbocycles. The number of ether oxygens (including phenoxy) is 1. The summed E-state index contributed by atoms with van der Waals surface area (Å²) in [5, 5.41) is 3.29. The van der Waals surface area contributed by atoms with Gasteiger partial charge in [-0.15, -0.1) is 0 Å².